The van der Waals surface area contributed by atoms with E-state index in [-0.39, 0.29) is 18.3 Å². The Labute approximate surface area is 194 Å². The van der Waals surface area contributed by atoms with Crippen molar-refractivity contribution in [3.63, 3.8) is 0 Å². The molecule has 0 saturated carbocycles. The average molecular weight is 473 g/mol. The lowest BCUT2D eigenvalue weighted by Crippen LogP contribution is -2.16. The molecule has 2 aromatic heterocycles. The van der Waals surface area contributed by atoms with E-state index in [2.05, 4.69) is 22.1 Å². The van der Waals surface area contributed by atoms with Crippen LogP contribution >= 0.6 is 23.1 Å². The number of esters is 1. The number of allylic oxidation sites excluding steroid dienone is 1. The van der Waals surface area contributed by atoms with Crippen LogP contribution in [0.1, 0.15) is 26.6 Å². The predicted octanol–water partition coefficient (Wildman–Crippen LogP) is 4.24. The highest BCUT2D eigenvalue weighted by molar-refractivity contribution is 7.99. The third-order valence-electron chi connectivity index (χ3n) is 4.40. The Bertz CT molecular complexity index is 1120. The Balaban J connectivity index is 1.65. The molecule has 0 saturated heterocycles. The molecule has 0 aliphatic heterocycles. The van der Waals surface area contributed by atoms with E-state index in [1.165, 1.54) is 30.2 Å². The van der Waals surface area contributed by atoms with Crippen LogP contribution in [0.15, 0.2) is 48.1 Å². The summed E-state index contributed by atoms with van der Waals surface area (Å²) in [5.41, 5.74) is 1.38. The van der Waals surface area contributed by atoms with E-state index >= 15 is 0 Å². The van der Waals surface area contributed by atoms with Crippen molar-refractivity contribution >= 4 is 40.0 Å². The van der Waals surface area contributed by atoms with Crippen molar-refractivity contribution in [2.75, 3.05) is 18.2 Å². The highest BCUT2D eigenvalue weighted by atomic mass is 32.2. The molecule has 0 atom stereocenters. The molecule has 3 aromatic rings. The fourth-order valence-corrected chi connectivity index (χ4v) is 4.55. The number of methoxy groups -OCH3 is 1. The summed E-state index contributed by atoms with van der Waals surface area (Å²) in [6, 6.07) is 9.44. The molecule has 32 heavy (non-hydrogen) atoms. The van der Waals surface area contributed by atoms with Crippen LogP contribution in [0.3, 0.4) is 0 Å². The number of nitrogens with one attached hydrogen (secondary N) is 1. The van der Waals surface area contributed by atoms with Crippen molar-refractivity contribution in [2.45, 2.75) is 32.2 Å². The first kappa shape index (κ1) is 23.6. The summed E-state index contributed by atoms with van der Waals surface area (Å²) in [5, 5.41) is 12.3. The maximum absolute atomic E-state index is 12.5. The largest absolute Gasteiger partial charge is 0.485 e. The highest BCUT2D eigenvalue weighted by Gasteiger charge is 2.19. The van der Waals surface area contributed by atoms with Crippen molar-refractivity contribution in [3.05, 3.63) is 64.8 Å². The fourth-order valence-electron chi connectivity index (χ4n) is 2.87. The molecular weight excluding hydrogens is 448 g/mol. The smallest absolute Gasteiger partial charge is 0.340 e. The van der Waals surface area contributed by atoms with Crippen molar-refractivity contribution in [2.24, 2.45) is 0 Å². The Kier molecular flexibility index (Phi) is 8.07. The molecule has 8 nitrogen and oxygen atoms in total. The molecular formula is C22H24N4O4S2. The van der Waals surface area contributed by atoms with Gasteiger partial charge in [0.25, 0.3) is 0 Å². The number of ether oxygens (including phenoxy) is 2. The third kappa shape index (κ3) is 5.77. The lowest BCUT2D eigenvalue weighted by molar-refractivity contribution is -0.113. The van der Waals surface area contributed by atoms with Crippen LogP contribution in [0.4, 0.5) is 5.00 Å². The molecule has 168 valence electrons. The lowest BCUT2D eigenvalue weighted by atomic mass is 10.2. The van der Waals surface area contributed by atoms with Crippen LogP contribution in [-0.4, -0.2) is 39.5 Å². The monoisotopic (exact) mass is 472 g/mol. The SMILES string of the molecule is C=CCn1c(COc2ccccc2C)nnc1SCC(=O)Nc1sc(C)cc1C(=O)OC. The Morgan fingerprint density at radius 3 is 2.78 bits per heavy atom. The van der Waals surface area contributed by atoms with E-state index < -0.39 is 5.97 Å². The minimum absolute atomic E-state index is 0.103. The molecule has 0 unspecified atom stereocenters. The number of hydrogen-bond acceptors (Lipinski definition) is 8. The van der Waals surface area contributed by atoms with Crippen LogP contribution in [0.2, 0.25) is 0 Å². The molecule has 0 aliphatic carbocycles. The zero-order valence-corrected chi connectivity index (χ0v) is 19.7. The number of carbonyl (C=O) groups excluding carboxylic acids is 2. The Morgan fingerprint density at radius 2 is 2.06 bits per heavy atom. The minimum atomic E-state index is -0.485. The lowest BCUT2D eigenvalue weighted by Gasteiger charge is -2.10. The van der Waals surface area contributed by atoms with E-state index in [9.17, 15) is 9.59 Å². The van der Waals surface area contributed by atoms with Gasteiger partial charge >= 0.3 is 5.97 Å². The second-order valence-corrected chi connectivity index (χ2v) is 8.98. The standard InChI is InChI=1S/C22H24N4O4S2/c1-5-10-26-18(12-30-17-9-7-6-8-14(17)2)24-25-22(26)31-13-19(27)23-20-16(21(28)29-4)11-15(3)32-20/h5-9,11H,1,10,12-13H2,2-4H3,(H,23,27). The van der Waals surface area contributed by atoms with Gasteiger partial charge in [0.1, 0.15) is 17.4 Å². The Morgan fingerprint density at radius 1 is 1.28 bits per heavy atom. The molecule has 0 bridgehead atoms. The number of nitrogens with zero attached hydrogens (tertiary/aromatic N) is 3. The first-order chi connectivity index (χ1) is 15.4. The maximum atomic E-state index is 12.5. The zero-order chi connectivity index (χ0) is 23.1. The number of amides is 1. The quantitative estimate of drug-likeness (QED) is 0.268. The molecule has 10 heteroatoms. The molecule has 1 amide bonds. The first-order valence-electron chi connectivity index (χ1n) is 9.75. The summed E-state index contributed by atoms with van der Waals surface area (Å²) >= 11 is 2.57. The van der Waals surface area contributed by atoms with Gasteiger partial charge < -0.3 is 14.8 Å². The van der Waals surface area contributed by atoms with E-state index in [1.807, 2.05) is 42.7 Å². The molecule has 3 rings (SSSR count). The van der Waals surface area contributed by atoms with E-state index in [0.29, 0.717) is 28.1 Å². The molecule has 2 heterocycles. The van der Waals surface area contributed by atoms with Gasteiger partial charge in [-0.1, -0.05) is 36.0 Å². The van der Waals surface area contributed by atoms with Gasteiger partial charge in [-0.15, -0.1) is 28.1 Å². The second kappa shape index (κ2) is 11.0. The topological polar surface area (TPSA) is 95.3 Å². The van der Waals surface area contributed by atoms with E-state index in [4.69, 9.17) is 9.47 Å². The molecule has 0 spiro atoms. The number of aryl methyl sites for hydroxylation is 2. The summed E-state index contributed by atoms with van der Waals surface area (Å²) in [4.78, 5) is 25.3. The molecule has 0 radical (unpaired) electrons. The van der Waals surface area contributed by atoms with Crippen molar-refractivity contribution < 1.29 is 19.1 Å². The summed E-state index contributed by atoms with van der Waals surface area (Å²) in [6.07, 6.45) is 1.74. The van der Waals surface area contributed by atoms with Gasteiger partial charge in [-0.25, -0.2) is 4.79 Å². The number of thiophene rings is 1. The normalized spacial score (nSPS) is 10.6. The van der Waals surface area contributed by atoms with Gasteiger partial charge in [-0.2, -0.15) is 0 Å². The Hall–Kier alpha value is -3.11. The van der Waals surface area contributed by atoms with Gasteiger partial charge in [0, 0.05) is 11.4 Å². The summed E-state index contributed by atoms with van der Waals surface area (Å²) < 4.78 is 12.5. The van der Waals surface area contributed by atoms with Crippen LogP contribution in [0, 0.1) is 13.8 Å². The zero-order valence-electron chi connectivity index (χ0n) is 18.1. The van der Waals surface area contributed by atoms with Gasteiger partial charge in [0.05, 0.1) is 18.4 Å². The number of rotatable bonds is 10. The van der Waals surface area contributed by atoms with Gasteiger partial charge in [0.2, 0.25) is 5.91 Å². The van der Waals surface area contributed by atoms with Crippen molar-refractivity contribution in [1.82, 2.24) is 14.8 Å². The van der Waals surface area contributed by atoms with Crippen LogP contribution in [-0.2, 0) is 22.7 Å². The highest BCUT2D eigenvalue weighted by Crippen LogP contribution is 2.29. The van der Waals surface area contributed by atoms with Gasteiger partial charge in [0.15, 0.2) is 11.0 Å². The van der Waals surface area contributed by atoms with Gasteiger partial charge in [-0.3, -0.25) is 9.36 Å². The summed E-state index contributed by atoms with van der Waals surface area (Å²) in [5.74, 6) is 0.778. The second-order valence-electron chi connectivity index (χ2n) is 6.78. The number of anilines is 1. The predicted molar refractivity (Wildman–Crippen MR) is 125 cm³/mol. The van der Waals surface area contributed by atoms with Crippen molar-refractivity contribution in [1.29, 1.82) is 0 Å². The van der Waals surface area contributed by atoms with Crippen LogP contribution in [0.5, 0.6) is 5.75 Å². The fraction of sp³-hybridized carbons (Fsp3) is 0.273. The number of hydrogen-bond donors (Lipinski definition) is 1. The number of thioether (sulfide) groups is 1. The summed E-state index contributed by atoms with van der Waals surface area (Å²) in [6.45, 7) is 8.36. The maximum Gasteiger partial charge on any atom is 0.340 e. The number of carbonyl (C=O) groups is 2. The van der Waals surface area contributed by atoms with Crippen LogP contribution in [0.25, 0.3) is 0 Å². The van der Waals surface area contributed by atoms with Gasteiger partial charge in [-0.05, 0) is 31.5 Å². The van der Waals surface area contributed by atoms with Crippen molar-refractivity contribution in [3.8, 4) is 5.75 Å². The minimum Gasteiger partial charge on any atom is -0.485 e. The van der Waals surface area contributed by atoms with Crippen LogP contribution < -0.4 is 10.1 Å². The third-order valence-corrected chi connectivity index (χ3v) is 6.33. The van der Waals surface area contributed by atoms with E-state index in [0.717, 1.165) is 16.2 Å². The molecule has 0 aliphatic rings. The number of aromatic nitrogens is 3. The first-order valence-corrected chi connectivity index (χ1v) is 11.6. The molecule has 1 aromatic carbocycles. The molecule has 0 fully saturated rings. The summed E-state index contributed by atoms with van der Waals surface area (Å²) in [7, 11) is 1.31. The van der Waals surface area contributed by atoms with E-state index in [1.54, 1.807) is 12.1 Å². The number of benzene rings is 1. The average Bonchev–Trinajstić information content (AvgIpc) is 3.34. The number of para-hydroxylation sites is 1. The molecule has 1 N–H and O–H groups in total.